The number of benzene rings is 1. The second-order valence-corrected chi connectivity index (χ2v) is 6.04. The van der Waals surface area contributed by atoms with E-state index in [2.05, 4.69) is 42.6 Å². The molecule has 17 heavy (non-hydrogen) atoms. The predicted octanol–water partition coefficient (Wildman–Crippen LogP) is 3.40. The molecule has 2 fully saturated rings. The summed E-state index contributed by atoms with van der Waals surface area (Å²) in [5, 5.41) is 3.86. The highest BCUT2D eigenvalue weighted by Crippen LogP contribution is 2.44. The molecule has 0 unspecified atom stereocenters. The van der Waals surface area contributed by atoms with Gasteiger partial charge >= 0.3 is 0 Å². The second kappa shape index (κ2) is 4.81. The van der Waals surface area contributed by atoms with Crippen LogP contribution in [0.3, 0.4) is 0 Å². The van der Waals surface area contributed by atoms with Crippen molar-refractivity contribution in [2.45, 2.75) is 51.1 Å². The molecule has 0 heterocycles. The maximum atomic E-state index is 3.86. The molecule has 0 spiro atoms. The highest BCUT2D eigenvalue weighted by atomic mass is 15.0. The van der Waals surface area contributed by atoms with E-state index in [0.29, 0.717) is 6.04 Å². The van der Waals surface area contributed by atoms with Gasteiger partial charge in [0.05, 0.1) is 0 Å². The Labute approximate surface area is 105 Å². The first-order chi connectivity index (χ1) is 8.31. The van der Waals surface area contributed by atoms with E-state index in [1.165, 1.54) is 31.2 Å². The number of hydrogen-bond acceptors (Lipinski definition) is 1. The van der Waals surface area contributed by atoms with Crippen LogP contribution in [0.25, 0.3) is 0 Å². The first-order valence-corrected chi connectivity index (χ1v) is 7.11. The molecule has 1 aromatic rings. The van der Waals surface area contributed by atoms with Gasteiger partial charge in [-0.1, -0.05) is 36.8 Å². The molecule has 0 saturated heterocycles. The predicted molar refractivity (Wildman–Crippen MR) is 72.0 cm³/mol. The largest absolute Gasteiger partial charge is 0.311 e. The first kappa shape index (κ1) is 11.3. The van der Waals surface area contributed by atoms with Crippen molar-refractivity contribution in [2.75, 3.05) is 0 Å². The smallest absolute Gasteiger partial charge is 0.0101 e. The molecular formula is C16H23N. The standard InChI is InChI=1S/C16H23N/c1-12(9-13-5-3-2-4-6-13)17-16-11-14-7-8-15(16)10-14/h2-6,12,14-17H,7-11H2,1H3/t12-,14+,15+,16-/m1/s1. The van der Waals surface area contributed by atoms with Crippen molar-refractivity contribution in [1.29, 1.82) is 0 Å². The van der Waals surface area contributed by atoms with Crippen LogP contribution < -0.4 is 5.32 Å². The second-order valence-electron chi connectivity index (χ2n) is 6.04. The molecule has 0 radical (unpaired) electrons. The summed E-state index contributed by atoms with van der Waals surface area (Å²) in [7, 11) is 0. The molecule has 1 nitrogen and oxygen atoms in total. The molecule has 92 valence electrons. The zero-order chi connectivity index (χ0) is 11.7. The van der Waals surface area contributed by atoms with E-state index in [0.717, 1.165) is 24.3 Å². The van der Waals surface area contributed by atoms with E-state index >= 15 is 0 Å². The zero-order valence-electron chi connectivity index (χ0n) is 10.7. The van der Waals surface area contributed by atoms with Gasteiger partial charge in [-0.2, -0.15) is 0 Å². The lowest BCUT2D eigenvalue weighted by atomic mass is 9.94. The fourth-order valence-corrected chi connectivity index (χ4v) is 3.84. The van der Waals surface area contributed by atoms with Gasteiger partial charge in [-0.05, 0) is 50.0 Å². The summed E-state index contributed by atoms with van der Waals surface area (Å²) in [6, 6.07) is 12.3. The van der Waals surface area contributed by atoms with Crippen molar-refractivity contribution in [3.05, 3.63) is 35.9 Å². The lowest BCUT2D eigenvalue weighted by Crippen LogP contribution is -2.40. The summed E-state index contributed by atoms with van der Waals surface area (Å²) in [5.41, 5.74) is 1.45. The molecular weight excluding hydrogens is 206 g/mol. The Bertz CT molecular complexity index is 359. The van der Waals surface area contributed by atoms with Gasteiger partial charge in [0.25, 0.3) is 0 Å². The monoisotopic (exact) mass is 229 g/mol. The molecule has 0 aromatic heterocycles. The fourth-order valence-electron chi connectivity index (χ4n) is 3.84. The SMILES string of the molecule is C[C@H](Cc1ccccc1)N[C@@H]1C[C@H]2CC[C@H]1C2. The fraction of sp³-hybridized carbons (Fsp3) is 0.625. The van der Waals surface area contributed by atoms with Crippen molar-refractivity contribution in [2.24, 2.45) is 11.8 Å². The van der Waals surface area contributed by atoms with Gasteiger partial charge in [0.15, 0.2) is 0 Å². The van der Waals surface area contributed by atoms with Crippen molar-refractivity contribution in [1.82, 2.24) is 5.32 Å². The third kappa shape index (κ3) is 2.55. The molecule has 2 bridgehead atoms. The van der Waals surface area contributed by atoms with Gasteiger partial charge < -0.3 is 5.32 Å². The topological polar surface area (TPSA) is 12.0 Å². The minimum absolute atomic E-state index is 0.613. The van der Waals surface area contributed by atoms with Crippen LogP contribution in [0, 0.1) is 11.8 Å². The third-order valence-corrected chi connectivity index (χ3v) is 4.62. The Morgan fingerprint density at radius 2 is 2.00 bits per heavy atom. The van der Waals surface area contributed by atoms with Crippen LogP contribution in [0.2, 0.25) is 0 Å². The molecule has 0 amide bonds. The van der Waals surface area contributed by atoms with Crippen LogP contribution in [0.1, 0.15) is 38.2 Å². The Balaban J connectivity index is 1.52. The lowest BCUT2D eigenvalue weighted by molar-refractivity contribution is 0.323. The quantitative estimate of drug-likeness (QED) is 0.834. The van der Waals surface area contributed by atoms with Crippen LogP contribution in [0.15, 0.2) is 30.3 Å². The van der Waals surface area contributed by atoms with Crippen molar-refractivity contribution < 1.29 is 0 Å². The Morgan fingerprint density at radius 1 is 1.18 bits per heavy atom. The summed E-state index contributed by atoms with van der Waals surface area (Å²) >= 11 is 0. The van der Waals surface area contributed by atoms with Gasteiger partial charge in [0, 0.05) is 12.1 Å². The molecule has 2 saturated carbocycles. The minimum atomic E-state index is 0.613. The summed E-state index contributed by atoms with van der Waals surface area (Å²) in [6.45, 7) is 2.33. The minimum Gasteiger partial charge on any atom is -0.311 e. The van der Waals surface area contributed by atoms with Crippen LogP contribution in [-0.4, -0.2) is 12.1 Å². The normalized spacial score (nSPS) is 32.9. The van der Waals surface area contributed by atoms with Gasteiger partial charge in [-0.15, -0.1) is 0 Å². The summed E-state index contributed by atoms with van der Waals surface area (Å²) < 4.78 is 0. The average Bonchev–Trinajstić information content (AvgIpc) is 2.92. The molecule has 2 aliphatic rings. The van der Waals surface area contributed by atoms with Gasteiger partial charge in [-0.25, -0.2) is 0 Å². The third-order valence-electron chi connectivity index (χ3n) is 4.62. The van der Waals surface area contributed by atoms with E-state index in [4.69, 9.17) is 0 Å². The number of rotatable bonds is 4. The summed E-state index contributed by atoms with van der Waals surface area (Å²) in [4.78, 5) is 0. The van der Waals surface area contributed by atoms with E-state index < -0.39 is 0 Å². The number of fused-ring (bicyclic) bond motifs is 2. The lowest BCUT2D eigenvalue weighted by Gasteiger charge is -2.27. The highest BCUT2D eigenvalue weighted by Gasteiger charge is 2.39. The van der Waals surface area contributed by atoms with Crippen molar-refractivity contribution in [3.63, 3.8) is 0 Å². The number of hydrogen-bond donors (Lipinski definition) is 1. The molecule has 3 rings (SSSR count). The Kier molecular flexibility index (Phi) is 3.19. The van der Waals surface area contributed by atoms with E-state index in [1.54, 1.807) is 0 Å². The van der Waals surface area contributed by atoms with Crippen LogP contribution in [0.5, 0.6) is 0 Å². The Morgan fingerprint density at radius 3 is 2.65 bits per heavy atom. The van der Waals surface area contributed by atoms with E-state index in [-0.39, 0.29) is 0 Å². The maximum absolute atomic E-state index is 3.86. The highest BCUT2D eigenvalue weighted by molar-refractivity contribution is 5.15. The molecule has 1 aromatic carbocycles. The molecule has 1 N–H and O–H groups in total. The van der Waals surface area contributed by atoms with Gasteiger partial charge in [0.1, 0.15) is 0 Å². The molecule has 0 aliphatic heterocycles. The summed E-state index contributed by atoms with van der Waals surface area (Å²) in [6.07, 6.45) is 7.06. The van der Waals surface area contributed by atoms with Crippen LogP contribution in [0.4, 0.5) is 0 Å². The van der Waals surface area contributed by atoms with Crippen molar-refractivity contribution >= 4 is 0 Å². The van der Waals surface area contributed by atoms with Crippen LogP contribution in [-0.2, 0) is 6.42 Å². The average molecular weight is 229 g/mol. The first-order valence-electron chi connectivity index (χ1n) is 7.11. The summed E-state index contributed by atoms with van der Waals surface area (Å²) in [5.74, 6) is 2.03. The van der Waals surface area contributed by atoms with Crippen molar-refractivity contribution in [3.8, 4) is 0 Å². The van der Waals surface area contributed by atoms with Gasteiger partial charge in [0.2, 0.25) is 0 Å². The molecule has 4 atom stereocenters. The Hall–Kier alpha value is -0.820. The number of nitrogens with one attached hydrogen (secondary N) is 1. The maximum Gasteiger partial charge on any atom is 0.0101 e. The molecule has 2 aliphatic carbocycles. The zero-order valence-corrected chi connectivity index (χ0v) is 10.7. The van der Waals surface area contributed by atoms with E-state index in [9.17, 15) is 0 Å². The van der Waals surface area contributed by atoms with E-state index in [1.807, 2.05) is 0 Å². The van der Waals surface area contributed by atoms with Crippen LogP contribution >= 0.6 is 0 Å². The van der Waals surface area contributed by atoms with Gasteiger partial charge in [-0.3, -0.25) is 0 Å². The molecule has 1 heteroatoms.